The highest BCUT2D eigenvalue weighted by Crippen LogP contribution is 2.10. The molecule has 0 spiro atoms. The van der Waals surface area contributed by atoms with Crippen LogP contribution in [0.2, 0.25) is 0 Å². The highest BCUT2D eigenvalue weighted by atomic mass is 79.9. The van der Waals surface area contributed by atoms with Gasteiger partial charge in [-0.25, -0.2) is 4.39 Å². The van der Waals surface area contributed by atoms with E-state index in [0.717, 1.165) is 4.47 Å². The lowest BCUT2D eigenvalue weighted by Gasteiger charge is -2.01. The predicted molar refractivity (Wildman–Crippen MR) is 66.4 cm³/mol. The van der Waals surface area contributed by atoms with Gasteiger partial charge in [0.2, 0.25) is 0 Å². The number of hydrogen-bond donors (Lipinski definition) is 0. The van der Waals surface area contributed by atoms with Crippen molar-refractivity contribution in [1.29, 1.82) is 0 Å². The van der Waals surface area contributed by atoms with E-state index in [1.807, 2.05) is 6.07 Å². The highest BCUT2D eigenvalue weighted by Gasteiger charge is 2.07. The fraction of sp³-hybridized carbons (Fsp3) is 0.0769. The summed E-state index contributed by atoms with van der Waals surface area (Å²) in [7, 11) is 0. The van der Waals surface area contributed by atoms with Gasteiger partial charge >= 0.3 is 0 Å². The van der Waals surface area contributed by atoms with Crippen LogP contribution in [0.15, 0.2) is 47.1 Å². The Hall–Kier alpha value is -1.55. The van der Waals surface area contributed by atoms with E-state index >= 15 is 0 Å². The van der Waals surface area contributed by atoms with Gasteiger partial charge < -0.3 is 0 Å². The van der Waals surface area contributed by atoms with Crippen LogP contribution in [0.25, 0.3) is 0 Å². The number of carbonyl (C=O) groups excluding carboxylic acids is 1. The smallest absolute Gasteiger partial charge is 0.168 e. The second-order valence-electron chi connectivity index (χ2n) is 3.57. The molecular formula is C13H9BrFNO. The van der Waals surface area contributed by atoms with Crippen LogP contribution in [-0.2, 0) is 6.42 Å². The number of nitrogens with zero attached hydrogens (tertiary/aromatic N) is 1. The largest absolute Gasteiger partial charge is 0.294 e. The fourth-order valence-corrected chi connectivity index (χ4v) is 1.65. The van der Waals surface area contributed by atoms with Gasteiger partial charge in [0, 0.05) is 21.9 Å². The number of Topliss-reactive ketones (excluding diaryl/α,β-unsaturated/α-hetero) is 1. The average molecular weight is 294 g/mol. The SMILES string of the molecule is O=C(Cc1ccc(Br)cn1)c1ccc(F)cc1. The zero-order valence-electron chi connectivity index (χ0n) is 8.86. The lowest BCUT2D eigenvalue weighted by Crippen LogP contribution is -2.04. The summed E-state index contributed by atoms with van der Waals surface area (Å²) in [5.74, 6) is -0.414. The van der Waals surface area contributed by atoms with Crippen molar-refractivity contribution < 1.29 is 9.18 Å². The van der Waals surface area contributed by atoms with Gasteiger partial charge in [-0.15, -0.1) is 0 Å². The van der Waals surface area contributed by atoms with Crippen LogP contribution in [0, 0.1) is 5.82 Å². The molecule has 1 aromatic carbocycles. The molecule has 2 nitrogen and oxygen atoms in total. The molecule has 1 heterocycles. The molecule has 0 bridgehead atoms. The molecule has 0 aliphatic carbocycles. The monoisotopic (exact) mass is 293 g/mol. The van der Waals surface area contributed by atoms with Crippen molar-refractivity contribution >= 4 is 21.7 Å². The van der Waals surface area contributed by atoms with Crippen molar-refractivity contribution in [2.24, 2.45) is 0 Å². The third-order valence-electron chi connectivity index (χ3n) is 2.30. The van der Waals surface area contributed by atoms with Crippen molar-refractivity contribution in [3.8, 4) is 0 Å². The van der Waals surface area contributed by atoms with E-state index in [4.69, 9.17) is 0 Å². The minimum Gasteiger partial charge on any atom is -0.294 e. The quantitative estimate of drug-likeness (QED) is 0.812. The Morgan fingerprint density at radius 3 is 2.47 bits per heavy atom. The van der Waals surface area contributed by atoms with Crippen LogP contribution in [-0.4, -0.2) is 10.8 Å². The molecule has 2 rings (SSSR count). The lowest BCUT2D eigenvalue weighted by molar-refractivity contribution is 0.0992. The third kappa shape index (κ3) is 3.20. The molecule has 0 unspecified atom stereocenters. The fourth-order valence-electron chi connectivity index (χ4n) is 1.41. The van der Waals surface area contributed by atoms with Gasteiger partial charge in [-0.3, -0.25) is 9.78 Å². The Morgan fingerprint density at radius 1 is 1.18 bits per heavy atom. The lowest BCUT2D eigenvalue weighted by atomic mass is 10.1. The average Bonchev–Trinajstić information content (AvgIpc) is 2.33. The summed E-state index contributed by atoms with van der Waals surface area (Å²) in [4.78, 5) is 16.0. The van der Waals surface area contributed by atoms with Crippen LogP contribution in [0.4, 0.5) is 4.39 Å². The molecule has 17 heavy (non-hydrogen) atoms. The van der Waals surface area contributed by atoms with Crippen LogP contribution in [0.3, 0.4) is 0 Å². The third-order valence-corrected chi connectivity index (χ3v) is 2.77. The predicted octanol–water partition coefficient (Wildman–Crippen LogP) is 3.41. The first-order valence-corrected chi connectivity index (χ1v) is 5.83. The van der Waals surface area contributed by atoms with Crippen molar-refractivity contribution in [3.63, 3.8) is 0 Å². The molecule has 86 valence electrons. The normalized spacial score (nSPS) is 10.2. The van der Waals surface area contributed by atoms with Crippen LogP contribution >= 0.6 is 15.9 Å². The highest BCUT2D eigenvalue weighted by molar-refractivity contribution is 9.10. The second kappa shape index (κ2) is 5.19. The van der Waals surface area contributed by atoms with E-state index in [1.165, 1.54) is 24.3 Å². The van der Waals surface area contributed by atoms with E-state index in [0.29, 0.717) is 11.3 Å². The topological polar surface area (TPSA) is 30.0 Å². The van der Waals surface area contributed by atoms with Crippen molar-refractivity contribution in [3.05, 3.63) is 64.1 Å². The molecule has 0 saturated carbocycles. The molecule has 1 aromatic heterocycles. The molecule has 0 saturated heterocycles. The van der Waals surface area contributed by atoms with Gasteiger partial charge in [-0.2, -0.15) is 0 Å². The minimum atomic E-state index is -0.344. The van der Waals surface area contributed by atoms with Gasteiger partial charge in [-0.1, -0.05) is 0 Å². The first kappa shape index (κ1) is 11.9. The maximum Gasteiger partial charge on any atom is 0.168 e. The summed E-state index contributed by atoms with van der Waals surface area (Å²) >= 11 is 3.28. The number of hydrogen-bond acceptors (Lipinski definition) is 2. The first-order chi connectivity index (χ1) is 8.15. The number of rotatable bonds is 3. The number of carbonyl (C=O) groups is 1. The molecule has 0 fully saturated rings. The zero-order valence-corrected chi connectivity index (χ0v) is 10.4. The van der Waals surface area contributed by atoms with Crippen LogP contribution < -0.4 is 0 Å². The molecular weight excluding hydrogens is 285 g/mol. The molecule has 4 heteroatoms. The standard InChI is InChI=1S/C13H9BrFNO/c14-10-3-6-12(16-8-10)7-13(17)9-1-4-11(15)5-2-9/h1-6,8H,7H2. The molecule has 0 aliphatic heterocycles. The Labute approximate surface area is 107 Å². The zero-order chi connectivity index (χ0) is 12.3. The van der Waals surface area contributed by atoms with E-state index in [-0.39, 0.29) is 18.0 Å². The first-order valence-electron chi connectivity index (χ1n) is 5.04. The van der Waals surface area contributed by atoms with Crippen LogP contribution in [0.1, 0.15) is 16.1 Å². The number of halogens is 2. The Morgan fingerprint density at radius 2 is 1.88 bits per heavy atom. The second-order valence-corrected chi connectivity index (χ2v) is 4.49. The van der Waals surface area contributed by atoms with E-state index < -0.39 is 0 Å². The summed E-state index contributed by atoms with van der Waals surface area (Å²) in [6, 6.07) is 9.14. The number of ketones is 1. The van der Waals surface area contributed by atoms with Crippen LogP contribution in [0.5, 0.6) is 0 Å². The number of aromatic nitrogens is 1. The Balaban J connectivity index is 2.11. The molecule has 2 aromatic rings. The van der Waals surface area contributed by atoms with E-state index in [2.05, 4.69) is 20.9 Å². The van der Waals surface area contributed by atoms with Gasteiger partial charge in [0.05, 0.1) is 6.42 Å². The summed E-state index contributed by atoms with van der Waals surface area (Å²) in [5.41, 5.74) is 1.19. The maximum atomic E-state index is 12.7. The number of pyridine rings is 1. The maximum absolute atomic E-state index is 12.7. The molecule has 0 atom stereocenters. The molecule has 0 radical (unpaired) electrons. The summed E-state index contributed by atoms with van der Waals surface area (Å²) in [6.45, 7) is 0. The van der Waals surface area contributed by atoms with Crippen molar-refractivity contribution in [1.82, 2.24) is 4.98 Å². The van der Waals surface area contributed by atoms with Gasteiger partial charge in [-0.05, 0) is 52.3 Å². The Bertz CT molecular complexity index is 522. The Kier molecular flexibility index (Phi) is 3.64. The van der Waals surface area contributed by atoms with E-state index in [1.54, 1.807) is 12.3 Å². The molecule has 0 aliphatic rings. The number of benzene rings is 1. The van der Waals surface area contributed by atoms with Gasteiger partial charge in [0.15, 0.2) is 5.78 Å². The minimum absolute atomic E-state index is 0.0696. The molecule has 0 amide bonds. The summed E-state index contributed by atoms with van der Waals surface area (Å²) in [5, 5.41) is 0. The molecule has 0 N–H and O–H groups in total. The summed E-state index contributed by atoms with van der Waals surface area (Å²) < 4.78 is 13.6. The van der Waals surface area contributed by atoms with Gasteiger partial charge in [0.1, 0.15) is 5.82 Å². The van der Waals surface area contributed by atoms with Crippen molar-refractivity contribution in [2.75, 3.05) is 0 Å². The summed E-state index contributed by atoms with van der Waals surface area (Å²) in [6.07, 6.45) is 1.87. The van der Waals surface area contributed by atoms with Gasteiger partial charge in [0.25, 0.3) is 0 Å². The van der Waals surface area contributed by atoms with E-state index in [9.17, 15) is 9.18 Å². The van der Waals surface area contributed by atoms with Crippen molar-refractivity contribution in [2.45, 2.75) is 6.42 Å².